The largest absolute Gasteiger partial charge is 0.494 e. The molecule has 1 aromatic carbocycles. The molecule has 0 unspecified atom stereocenters. The zero-order valence-corrected chi connectivity index (χ0v) is 16.4. The minimum Gasteiger partial charge on any atom is -0.494 e. The van der Waals surface area contributed by atoms with Crippen LogP contribution in [0.3, 0.4) is 0 Å². The smallest absolute Gasteiger partial charge is 0.230 e. The number of ether oxygens (including phenoxy) is 1. The summed E-state index contributed by atoms with van der Waals surface area (Å²) >= 11 is 1.63. The second-order valence-corrected chi connectivity index (χ2v) is 7.84. The molecule has 4 aromatic rings. The van der Waals surface area contributed by atoms with Crippen molar-refractivity contribution in [2.75, 3.05) is 25.1 Å². The van der Waals surface area contributed by atoms with Crippen molar-refractivity contribution in [3.8, 4) is 16.5 Å². The third-order valence-corrected chi connectivity index (χ3v) is 6.11. The van der Waals surface area contributed by atoms with E-state index in [0.29, 0.717) is 11.7 Å². The zero-order chi connectivity index (χ0) is 18.9. The fraction of sp³-hybridized carbons (Fsp3) is 0.286. The van der Waals surface area contributed by atoms with E-state index in [-0.39, 0.29) is 0 Å². The minimum absolute atomic E-state index is 0.299. The summed E-state index contributed by atoms with van der Waals surface area (Å²) in [5, 5.41) is 7.26. The molecule has 28 heavy (non-hydrogen) atoms. The number of nitrogens with zero attached hydrogens (tertiary/aromatic N) is 4. The molecule has 142 valence electrons. The van der Waals surface area contributed by atoms with Crippen LogP contribution in [-0.4, -0.2) is 35.3 Å². The highest BCUT2D eigenvalue weighted by molar-refractivity contribution is 7.13. The third kappa shape index (κ3) is 3.11. The SMILES string of the molecule is COc1cccc2ccc(N3CCC(c4nc(-c5cccs5)no4)CC3)nc12. The minimum atomic E-state index is 0.299. The summed E-state index contributed by atoms with van der Waals surface area (Å²) in [7, 11) is 1.68. The van der Waals surface area contributed by atoms with Gasteiger partial charge in [-0.3, -0.25) is 0 Å². The highest BCUT2D eigenvalue weighted by atomic mass is 32.1. The van der Waals surface area contributed by atoms with Crippen molar-refractivity contribution < 1.29 is 9.26 Å². The molecule has 0 amide bonds. The van der Waals surface area contributed by atoms with E-state index in [9.17, 15) is 0 Å². The Hall–Kier alpha value is -2.93. The van der Waals surface area contributed by atoms with Gasteiger partial charge in [0.05, 0.1) is 12.0 Å². The maximum Gasteiger partial charge on any atom is 0.230 e. The molecular weight excluding hydrogens is 372 g/mol. The van der Waals surface area contributed by atoms with Crippen LogP contribution in [-0.2, 0) is 0 Å². The van der Waals surface area contributed by atoms with Crippen molar-refractivity contribution in [1.82, 2.24) is 15.1 Å². The molecule has 1 aliphatic heterocycles. The number of anilines is 1. The monoisotopic (exact) mass is 392 g/mol. The van der Waals surface area contributed by atoms with Gasteiger partial charge in [0, 0.05) is 24.4 Å². The van der Waals surface area contributed by atoms with E-state index in [2.05, 4.69) is 33.2 Å². The van der Waals surface area contributed by atoms with E-state index in [0.717, 1.165) is 59.2 Å². The van der Waals surface area contributed by atoms with Crippen LogP contribution in [0.4, 0.5) is 5.82 Å². The number of piperidine rings is 1. The van der Waals surface area contributed by atoms with Crippen LogP contribution in [0.15, 0.2) is 52.4 Å². The number of methoxy groups -OCH3 is 1. The first-order valence-electron chi connectivity index (χ1n) is 9.38. The van der Waals surface area contributed by atoms with Gasteiger partial charge < -0.3 is 14.2 Å². The van der Waals surface area contributed by atoms with E-state index in [4.69, 9.17) is 14.2 Å². The Morgan fingerprint density at radius 1 is 1.07 bits per heavy atom. The maximum absolute atomic E-state index is 5.55. The van der Waals surface area contributed by atoms with E-state index in [1.54, 1.807) is 18.4 Å². The first-order chi connectivity index (χ1) is 13.8. The summed E-state index contributed by atoms with van der Waals surface area (Å²) in [6, 6.07) is 14.2. The van der Waals surface area contributed by atoms with Crippen molar-refractivity contribution >= 4 is 28.1 Å². The second kappa shape index (κ2) is 7.24. The van der Waals surface area contributed by atoms with Gasteiger partial charge in [0.15, 0.2) is 0 Å². The molecule has 1 saturated heterocycles. The van der Waals surface area contributed by atoms with Crippen molar-refractivity contribution in [3.63, 3.8) is 0 Å². The number of fused-ring (bicyclic) bond motifs is 1. The van der Waals surface area contributed by atoms with Gasteiger partial charge in [-0.15, -0.1) is 11.3 Å². The van der Waals surface area contributed by atoms with Crippen molar-refractivity contribution in [2.45, 2.75) is 18.8 Å². The highest BCUT2D eigenvalue weighted by Crippen LogP contribution is 2.32. The van der Waals surface area contributed by atoms with Crippen LogP contribution in [0.5, 0.6) is 5.75 Å². The summed E-state index contributed by atoms with van der Waals surface area (Å²) < 4.78 is 11.0. The first kappa shape index (κ1) is 17.2. The number of hydrogen-bond acceptors (Lipinski definition) is 7. The van der Waals surface area contributed by atoms with Gasteiger partial charge in [0.2, 0.25) is 11.7 Å². The second-order valence-electron chi connectivity index (χ2n) is 6.90. The van der Waals surface area contributed by atoms with Crippen molar-refractivity contribution in [1.29, 1.82) is 0 Å². The normalized spacial score (nSPS) is 15.2. The predicted molar refractivity (Wildman–Crippen MR) is 110 cm³/mol. The first-order valence-corrected chi connectivity index (χ1v) is 10.3. The molecule has 3 aromatic heterocycles. The Labute approximate surface area is 166 Å². The Balaban J connectivity index is 1.31. The van der Waals surface area contributed by atoms with Crippen molar-refractivity contribution in [3.05, 3.63) is 53.7 Å². The molecule has 6 nitrogen and oxygen atoms in total. The molecule has 0 atom stereocenters. The molecule has 4 heterocycles. The van der Waals surface area contributed by atoms with Crippen LogP contribution in [0.1, 0.15) is 24.7 Å². The van der Waals surface area contributed by atoms with Gasteiger partial charge in [0.25, 0.3) is 0 Å². The lowest BCUT2D eigenvalue weighted by Gasteiger charge is -2.31. The Morgan fingerprint density at radius 3 is 2.75 bits per heavy atom. The van der Waals surface area contributed by atoms with E-state index < -0.39 is 0 Å². The molecule has 0 saturated carbocycles. The average molecular weight is 392 g/mol. The van der Waals surface area contributed by atoms with E-state index >= 15 is 0 Å². The van der Waals surface area contributed by atoms with Crippen LogP contribution >= 0.6 is 11.3 Å². The lowest BCUT2D eigenvalue weighted by molar-refractivity contribution is 0.329. The number of thiophene rings is 1. The standard InChI is InChI=1S/C21H20N4O2S/c1-26-16-5-2-4-14-7-8-18(22-19(14)16)25-11-9-15(10-12-25)21-23-20(24-27-21)17-6-3-13-28-17/h2-8,13,15H,9-12H2,1H3. The fourth-order valence-corrected chi connectivity index (χ4v) is 4.36. The molecule has 0 aliphatic carbocycles. The van der Waals surface area contributed by atoms with Gasteiger partial charge >= 0.3 is 0 Å². The van der Waals surface area contributed by atoms with Crippen LogP contribution in [0.25, 0.3) is 21.6 Å². The summed E-state index contributed by atoms with van der Waals surface area (Å²) in [6.07, 6.45) is 1.94. The van der Waals surface area contributed by atoms with Gasteiger partial charge in [0.1, 0.15) is 17.1 Å². The molecule has 0 N–H and O–H groups in total. The van der Waals surface area contributed by atoms with Crippen LogP contribution in [0, 0.1) is 0 Å². The summed E-state index contributed by atoms with van der Waals surface area (Å²) in [4.78, 5) is 12.8. The van der Waals surface area contributed by atoms with Gasteiger partial charge in [-0.1, -0.05) is 23.4 Å². The van der Waals surface area contributed by atoms with Crippen molar-refractivity contribution in [2.24, 2.45) is 0 Å². The number of aromatic nitrogens is 3. The van der Waals surface area contributed by atoms with Crippen LogP contribution in [0.2, 0.25) is 0 Å². The summed E-state index contributed by atoms with van der Waals surface area (Å²) in [6.45, 7) is 1.82. The molecule has 7 heteroatoms. The number of para-hydroxylation sites is 1. The lowest BCUT2D eigenvalue weighted by atomic mass is 9.97. The topological polar surface area (TPSA) is 64.3 Å². The molecule has 0 radical (unpaired) electrons. The fourth-order valence-electron chi connectivity index (χ4n) is 3.71. The van der Waals surface area contributed by atoms with Gasteiger partial charge in [-0.05, 0) is 42.5 Å². The maximum atomic E-state index is 5.55. The number of hydrogen-bond donors (Lipinski definition) is 0. The molecule has 1 fully saturated rings. The quantitative estimate of drug-likeness (QED) is 0.500. The van der Waals surface area contributed by atoms with Gasteiger partial charge in [-0.25, -0.2) is 4.98 Å². The highest BCUT2D eigenvalue weighted by Gasteiger charge is 2.26. The number of pyridine rings is 1. The predicted octanol–water partition coefficient (Wildman–Crippen LogP) is 4.74. The molecule has 1 aliphatic rings. The van der Waals surface area contributed by atoms with Crippen LogP contribution < -0.4 is 9.64 Å². The lowest BCUT2D eigenvalue weighted by Crippen LogP contribution is -2.33. The molecule has 0 spiro atoms. The zero-order valence-electron chi connectivity index (χ0n) is 15.5. The Morgan fingerprint density at radius 2 is 1.96 bits per heavy atom. The molecule has 0 bridgehead atoms. The molecule has 5 rings (SSSR count). The average Bonchev–Trinajstić information content (AvgIpc) is 3.45. The van der Waals surface area contributed by atoms with E-state index in [1.165, 1.54) is 0 Å². The molecular formula is C21H20N4O2S. The summed E-state index contributed by atoms with van der Waals surface area (Å²) in [5.41, 5.74) is 0.905. The third-order valence-electron chi connectivity index (χ3n) is 5.24. The van der Waals surface area contributed by atoms with Gasteiger partial charge in [-0.2, -0.15) is 4.98 Å². The number of benzene rings is 1. The van der Waals surface area contributed by atoms with E-state index in [1.807, 2.05) is 29.6 Å². The Bertz CT molecular complexity index is 1080. The number of rotatable bonds is 4. The summed E-state index contributed by atoms with van der Waals surface area (Å²) in [5.74, 6) is 3.53. The Kier molecular flexibility index (Phi) is 4.44.